The molecule has 4 rings (SSSR count). The average molecular weight is 396 g/mol. The molecule has 3 aromatic rings. The molecule has 1 aliphatic carbocycles. The molecule has 1 atom stereocenters. The molecular formula is C21H21FN4O3. The van der Waals surface area contributed by atoms with Crippen molar-refractivity contribution in [1.82, 2.24) is 19.9 Å². The minimum Gasteiger partial charge on any atom is -0.480 e. The fourth-order valence-electron chi connectivity index (χ4n) is 4.05. The quantitative estimate of drug-likeness (QED) is 0.666. The lowest BCUT2D eigenvalue weighted by Crippen LogP contribution is -2.39. The third-order valence-electron chi connectivity index (χ3n) is 5.28. The van der Waals surface area contributed by atoms with E-state index < -0.39 is 5.97 Å². The summed E-state index contributed by atoms with van der Waals surface area (Å²) < 4.78 is 15.6. The number of fused-ring (bicyclic) bond motifs is 3. The van der Waals surface area contributed by atoms with Crippen molar-refractivity contribution >= 4 is 22.8 Å². The topological polar surface area (TPSA) is 97.1 Å². The number of carboxylic acid groups (broad SMARTS) is 1. The normalized spacial score (nSPS) is 15.8. The van der Waals surface area contributed by atoms with Gasteiger partial charge in [-0.05, 0) is 49.1 Å². The molecule has 1 aliphatic rings. The smallest absolute Gasteiger partial charge is 0.323 e. The summed E-state index contributed by atoms with van der Waals surface area (Å²) in [5, 5.41) is 13.0. The Labute approximate surface area is 166 Å². The highest BCUT2D eigenvalue weighted by Gasteiger charge is 2.27. The van der Waals surface area contributed by atoms with E-state index in [1.807, 2.05) is 0 Å². The zero-order valence-electron chi connectivity index (χ0n) is 15.8. The zero-order chi connectivity index (χ0) is 20.4. The number of aliphatic carboxylic acids is 1. The number of amides is 1. The van der Waals surface area contributed by atoms with Crippen molar-refractivity contribution < 1.29 is 19.1 Å². The molecule has 7 nitrogen and oxygen atoms in total. The minimum atomic E-state index is -0.937. The van der Waals surface area contributed by atoms with Crippen LogP contribution >= 0.6 is 0 Å². The van der Waals surface area contributed by atoms with Gasteiger partial charge in [-0.3, -0.25) is 9.59 Å². The van der Waals surface area contributed by atoms with Gasteiger partial charge in [-0.2, -0.15) is 0 Å². The molecule has 8 heteroatoms. The molecule has 2 aromatic heterocycles. The summed E-state index contributed by atoms with van der Waals surface area (Å²) in [6.45, 7) is -0.161. The molecule has 0 aliphatic heterocycles. The fraction of sp³-hybridized carbons (Fsp3) is 0.333. The summed E-state index contributed by atoms with van der Waals surface area (Å²) >= 11 is 0. The fourth-order valence-corrected chi connectivity index (χ4v) is 4.05. The van der Waals surface area contributed by atoms with Crippen LogP contribution in [0.15, 0.2) is 36.7 Å². The van der Waals surface area contributed by atoms with E-state index in [9.17, 15) is 19.1 Å². The monoisotopic (exact) mass is 396 g/mol. The number of carbonyl (C=O) groups is 2. The molecule has 1 amide bonds. The highest BCUT2D eigenvalue weighted by atomic mass is 19.1. The van der Waals surface area contributed by atoms with E-state index in [0.29, 0.717) is 43.4 Å². The Hall–Kier alpha value is -3.29. The maximum Gasteiger partial charge on any atom is 0.323 e. The summed E-state index contributed by atoms with van der Waals surface area (Å²) in [6.07, 6.45) is 5.94. The number of aryl methyl sites for hydroxylation is 1. The molecule has 0 bridgehead atoms. The Morgan fingerprint density at radius 1 is 1.28 bits per heavy atom. The first-order valence-corrected chi connectivity index (χ1v) is 9.58. The number of benzene rings is 1. The molecule has 2 N–H and O–H groups in total. The molecule has 29 heavy (non-hydrogen) atoms. The third-order valence-corrected chi connectivity index (χ3v) is 5.28. The Morgan fingerprint density at radius 3 is 2.83 bits per heavy atom. The van der Waals surface area contributed by atoms with Crippen LogP contribution in [-0.4, -0.2) is 37.6 Å². The van der Waals surface area contributed by atoms with Crippen LogP contribution in [0.25, 0.3) is 10.9 Å². The molecular weight excluding hydrogens is 375 g/mol. The molecule has 0 spiro atoms. The number of hydrogen-bond donors (Lipinski definition) is 2. The van der Waals surface area contributed by atoms with E-state index in [2.05, 4.69) is 15.3 Å². The van der Waals surface area contributed by atoms with Crippen molar-refractivity contribution in [2.24, 2.45) is 0 Å². The predicted octanol–water partition coefficient (Wildman–Crippen LogP) is 2.26. The molecule has 0 saturated heterocycles. The van der Waals surface area contributed by atoms with Gasteiger partial charge in [0.05, 0.1) is 0 Å². The number of aromatic nitrogens is 3. The van der Waals surface area contributed by atoms with Crippen molar-refractivity contribution in [1.29, 1.82) is 0 Å². The summed E-state index contributed by atoms with van der Waals surface area (Å²) in [7, 11) is 0. The largest absolute Gasteiger partial charge is 0.480 e. The Kier molecular flexibility index (Phi) is 5.24. The Morgan fingerprint density at radius 2 is 2.07 bits per heavy atom. The van der Waals surface area contributed by atoms with E-state index in [1.54, 1.807) is 29.1 Å². The maximum atomic E-state index is 13.8. The molecule has 2 heterocycles. The number of nitrogens with zero attached hydrogens (tertiary/aromatic N) is 3. The lowest BCUT2D eigenvalue weighted by atomic mass is 9.91. The van der Waals surface area contributed by atoms with Gasteiger partial charge in [0, 0.05) is 47.9 Å². The van der Waals surface area contributed by atoms with E-state index in [-0.39, 0.29) is 24.3 Å². The highest BCUT2D eigenvalue weighted by Crippen LogP contribution is 2.33. The number of nitrogens with one attached hydrogen (secondary N) is 1. The number of carbonyl (C=O) groups excluding carboxylic acids is 1. The number of halogens is 1. The van der Waals surface area contributed by atoms with Crippen LogP contribution in [-0.2, 0) is 35.4 Å². The zero-order valence-corrected chi connectivity index (χ0v) is 15.8. The average Bonchev–Trinajstić information content (AvgIpc) is 2.99. The Bertz CT molecular complexity index is 1060. The van der Waals surface area contributed by atoms with Crippen LogP contribution in [0.4, 0.5) is 4.39 Å². The first-order chi connectivity index (χ1) is 14.0. The van der Waals surface area contributed by atoms with Crippen LogP contribution in [0, 0.1) is 5.82 Å². The molecule has 0 fully saturated rings. The van der Waals surface area contributed by atoms with Gasteiger partial charge in [-0.25, -0.2) is 14.4 Å². The molecule has 0 radical (unpaired) electrons. The van der Waals surface area contributed by atoms with Crippen LogP contribution < -0.4 is 5.32 Å². The van der Waals surface area contributed by atoms with E-state index in [0.717, 1.165) is 16.6 Å². The molecule has 1 unspecified atom stereocenters. The highest BCUT2D eigenvalue weighted by molar-refractivity contribution is 5.87. The summed E-state index contributed by atoms with van der Waals surface area (Å²) in [5.74, 6) is -0.749. The second kappa shape index (κ2) is 7.98. The lowest BCUT2D eigenvalue weighted by Gasteiger charge is -2.25. The number of rotatable bonds is 6. The van der Waals surface area contributed by atoms with Gasteiger partial charge in [-0.1, -0.05) is 0 Å². The van der Waals surface area contributed by atoms with Crippen LogP contribution in [0.5, 0.6) is 0 Å². The molecule has 1 aromatic carbocycles. The standard InChI is InChI=1S/C21H21FN4O3/c22-13-2-4-17-15(10-13)16-11-14(3-5-18(16)26(17)12-21(28)29)25-20(27)7-6-19-23-8-1-9-24-19/h1-2,4,8-10,14H,3,5-7,11-12H2,(H,25,27)(H,28,29). The second-order valence-corrected chi connectivity index (χ2v) is 7.24. The predicted molar refractivity (Wildman–Crippen MR) is 104 cm³/mol. The second-order valence-electron chi connectivity index (χ2n) is 7.24. The maximum absolute atomic E-state index is 13.8. The van der Waals surface area contributed by atoms with Crippen LogP contribution in [0.3, 0.4) is 0 Å². The van der Waals surface area contributed by atoms with Crippen molar-refractivity contribution in [3.8, 4) is 0 Å². The minimum absolute atomic E-state index is 0.0705. The van der Waals surface area contributed by atoms with Gasteiger partial charge in [0.25, 0.3) is 0 Å². The van der Waals surface area contributed by atoms with Crippen LogP contribution in [0.2, 0.25) is 0 Å². The van der Waals surface area contributed by atoms with Gasteiger partial charge >= 0.3 is 5.97 Å². The summed E-state index contributed by atoms with van der Waals surface area (Å²) in [4.78, 5) is 31.9. The van der Waals surface area contributed by atoms with Crippen molar-refractivity contribution in [2.75, 3.05) is 0 Å². The van der Waals surface area contributed by atoms with Gasteiger partial charge in [0.1, 0.15) is 18.2 Å². The molecule has 0 saturated carbocycles. The van der Waals surface area contributed by atoms with Gasteiger partial charge < -0.3 is 15.0 Å². The van der Waals surface area contributed by atoms with Crippen molar-refractivity contribution in [2.45, 2.75) is 44.7 Å². The van der Waals surface area contributed by atoms with E-state index in [4.69, 9.17) is 0 Å². The number of hydrogen-bond acceptors (Lipinski definition) is 4. The van der Waals surface area contributed by atoms with Gasteiger partial charge in [0.15, 0.2) is 0 Å². The SMILES string of the molecule is O=C(O)Cn1c2c(c3cc(F)ccc31)CC(NC(=O)CCc1ncccn1)CC2. The van der Waals surface area contributed by atoms with Crippen molar-refractivity contribution in [3.63, 3.8) is 0 Å². The Balaban J connectivity index is 1.50. The number of carboxylic acids is 1. The van der Waals surface area contributed by atoms with E-state index in [1.165, 1.54) is 12.1 Å². The first kappa shape index (κ1) is 19.0. The lowest BCUT2D eigenvalue weighted by molar-refractivity contribution is -0.137. The third kappa shape index (κ3) is 4.11. The van der Waals surface area contributed by atoms with Crippen molar-refractivity contribution in [3.05, 3.63) is 59.6 Å². The van der Waals surface area contributed by atoms with Crippen LogP contribution in [0.1, 0.15) is 29.9 Å². The summed E-state index contributed by atoms with van der Waals surface area (Å²) in [6, 6.07) is 6.08. The first-order valence-electron chi connectivity index (χ1n) is 9.58. The van der Waals surface area contributed by atoms with E-state index >= 15 is 0 Å². The molecule has 150 valence electrons. The van der Waals surface area contributed by atoms with Gasteiger partial charge in [-0.15, -0.1) is 0 Å². The summed E-state index contributed by atoms with van der Waals surface area (Å²) in [5.41, 5.74) is 2.55. The van der Waals surface area contributed by atoms with Gasteiger partial charge in [0.2, 0.25) is 5.91 Å².